The first-order valence-electron chi connectivity index (χ1n) is 7.99. The zero-order chi connectivity index (χ0) is 16.6. The van der Waals surface area contributed by atoms with E-state index in [0.29, 0.717) is 23.3 Å². The molecule has 1 aromatic heterocycles. The van der Waals surface area contributed by atoms with Crippen molar-refractivity contribution in [3.05, 3.63) is 30.0 Å². The van der Waals surface area contributed by atoms with Crippen molar-refractivity contribution in [3.63, 3.8) is 0 Å². The van der Waals surface area contributed by atoms with E-state index in [1.165, 1.54) is 4.57 Å². The number of fused-ring (bicyclic) bond motifs is 1. The minimum Gasteiger partial charge on any atom is -0.382 e. The van der Waals surface area contributed by atoms with Crippen molar-refractivity contribution in [2.45, 2.75) is 51.5 Å². The molecule has 2 heterocycles. The van der Waals surface area contributed by atoms with Gasteiger partial charge in [0.05, 0.1) is 5.52 Å². The predicted molar refractivity (Wildman–Crippen MR) is 86.8 cm³/mol. The fourth-order valence-electron chi connectivity index (χ4n) is 3.41. The molecule has 0 spiro atoms. The molecular formula is C17H22F3N3. The summed E-state index contributed by atoms with van der Waals surface area (Å²) in [5.41, 5.74) is 2.18. The van der Waals surface area contributed by atoms with Crippen LogP contribution in [0.5, 0.6) is 0 Å². The van der Waals surface area contributed by atoms with E-state index in [1.54, 1.807) is 13.0 Å². The van der Waals surface area contributed by atoms with Crippen LogP contribution in [-0.4, -0.2) is 29.4 Å². The number of alkyl halides is 3. The summed E-state index contributed by atoms with van der Waals surface area (Å²) >= 11 is 0. The molecule has 1 aliphatic rings. The van der Waals surface area contributed by atoms with Crippen LogP contribution >= 0.6 is 0 Å². The van der Waals surface area contributed by atoms with Crippen LogP contribution in [0.25, 0.3) is 10.9 Å². The molecule has 2 atom stereocenters. The van der Waals surface area contributed by atoms with Gasteiger partial charge in [0.25, 0.3) is 0 Å². The van der Waals surface area contributed by atoms with Gasteiger partial charge in [-0.05, 0) is 51.4 Å². The molecular weight excluding hydrogens is 303 g/mol. The Morgan fingerprint density at radius 2 is 2.13 bits per heavy atom. The van der Waals surface area contributed by atoms with Gasteiger partial charge in [-0.15, -0.1) is 0 Å². The summed E-state index contributed by atoms with van der Waals surface area (Å²) in [6, 6.07) is 8.17. The lowest BCUT2D eigenvalue weighted by atomic mass is 10.00. The normalized spacial score (nSPS) is 22.5. The van der Waals surface area contributed by atoms with Crippen LogP contribution in [0.15, 0.2) is 24.3 Å². The SMILES string of the molecule is Cc1cc2c(NC3CCNC(C)C3)cccc2n1CC(F)(F)F. The quantitative estimate of drug-likeness (QED) is 0.891. The summed E-state index contributed by atoms with van der Waals surface area (Å²) in [7, 11) is 0. The van der Waals surface area contributed by atoms with Gasteiger partial charge in [0.2, 0.25) is 0 Å². The Labute approximate surface area is 133 Å². The Hall–Kier alpha value is -1.69. The number of nitrogens with zero attached hydrogens (tertiary/aromatic N) is 1. The molecule has 0 bridgehead atoms. The number of benzene rings is 1. The van der Waals surface area contributed by atoms with Crippen molar-refractivity contribution >= 4 is 16.6 Å². The van der Waals surface area contributed by atoms with Crippen LogP contribution in [-0.2, 0) is 6.54 Å². The third-order valence-electron chi connectivity index (χ3n) is 4.47. The molecule has 2 N–H and O–H groups in total. The molecule has 3 nitrogen and oxygen atoms in total. The van der Waals surface area contributed by atoms with Gasteiger partial charge in [0.15, 0.2) is 0 Å². The molecule has 0 amide bonds. The maximum absolute atomic E-state index is 12.8. The van der Waals surface area contributed by atoms with Crippen LogP contribution in [0.1, 0.15) is 25.5 Å². The van der Waals surface area contributed by atoms with Crippen molar-refractivity contribution in [2.75, 3.05) is 11.9 Å². The molecule has 1 fully saturated rings. The molecule has 2 unspecified atom stereocenters. The average molecular weight is 325 g/mol. The van der Waals surface area contributed by atoms with Crippen molar-refractivity contribution in [1.29, 1.82) is 0 Å². The van der Waals surface area contributed by atoms with Gasteiger partial charge in [0, 0.05) is 28.9 Å². The van der Waals surface area contributed by atoms with Crippen LogP contribution in [0.3, 0.4) is 0 Å². The largest absolute Gasteiger partial charge is 0.406 e. The van der Waals surface area contributed by atoms with Crippen LogP contribution in [0.2, 0.25) is 0 Å². The molecule has 0 aliphatic carbocycles. The van der Waals surface area contributed by atoms with Gasteiger partial charge in [-0.1, -0.05) is 6.07 Å². The van der Waals surface area contributed by atoms with Gasteiger partial charge in [-0.3, -0.25) is 0 Å². The lowest BCUT2D eigenvalue weighted by molar-refractivity contribution is -0.140. The first kappa shape index (κ1) is 16.2. The summed E-state index contributed by atoms with van der Waals surface area (Å²) in [6.45, 7) is 3.89. The summed E-state index contributed by atoms with van der Waals surface area (Å²) < 4.78 is 39.7. The Balaban J connectivity index is 1.91. The number of rotatable bonds is 3. The van der Waals surface area contributed by atoms with E-state index in [1.807, 2.05) is 18.2 Å². The number of hydrogen-bond donors (Lipinski definition) is 2. The zero-order valence-corrected chi connectivity index (χ0v) is 13.4. The number of hydrogen-bond acceptors (Lipinski definition) is 2. The maximum Gasteiger partial charge on any atom is 0.406 e. The lowest BCUT2D eigenvalue weighted by Crippen LogP contribution is -2.41. The molecule has 3 rings (SSSR count). The number of aromatic nitrogens is 1. The second-order valence-corrected chi connectivity index (χ2v) is 6.45. The number of nitrogens with one attached hydrogen (secondary N) is 2. The highest BCUT2D eigenvalue weighted by Crippen LogP contribution is 2.31. The molecule has 23 heavy (non-hydrogen) atoms. The highest BCUT2D eigenvalue weighted by Gasteiger charge is 2.29. The topological polar surface area (TPSA) is 29.0 Å². The third-order valence-corrected chi connectivity index (χ3v) is 4.47. The highest BCUT2D eigenvalue weighted by atomic mass is 19.4. The van der Waals surface area contributed by atoms with Crippen molar-refractivity contribution in [1.82, 2.24) is 9.88 Å². The molecule has 1 aliphatic heterocycles. The minimum atomic E-state index is -4.22. The number of halogens is 3. The van der Waals surface area contributed by atoms with E-state index in [9.17, 15) is 13.2 Å². The van der Waals surface area contributed by atoms with E-state index in [-0.39, 0.29) is 0 Å². The van der Waals surface area contributed by atoms with Gasteiger partial charge < -0.3 is 15.2 Å². The highest BCUT2D eigenvalue weighted by molar-refractivity contribution is 5.93. The van der Waals surface area contributed by atoms with Crippen molar-refractivity contribution in [2.24, 2.45) is 0 Å². The van der Waals surface area contributed by atoms with Crippen molar-refractivity contribution < 1.29 is 13.2 Å². The second-order valence-electron chi connectivity index (χ2n) is 6.45. The molecule has 0 radical (unpaired) electrons. The minimum absolute atomic E-state index is 0.350. The number of aryl methyl sites for hydroxylation is 1. The zero-order valence-electron chi connectivity index (χ0n) is 13.4. The van der Waals surface area contributed by atoms with Crippen LogP contribution < -0.4 is 10.6 Å². The maximum atomic E-state index is 12.8. The lowest BCUT2D eigenvalue weighted by Gasteiger charge is -2.29. The molecule has 1 saturated heterocycles. The van der Waals surface area contributed by atoms with E-state index in [0.717, 1.165) is 30.5 Å². The third kappa shape index (κ3) is 3.63. The van der Waals surface area contributed by atoms with E-state index < -0.39 is 12.7 Å². The smallest absolute Gasteiger partial charge is 0.382 e. The summed E-state index contributed by atoms with van der Waals surface area (Å²) in [5, 5.41) is 7.79. The standard InChI is InChI=1S/C17H22F3N3/c1-11-8-13(6-7-21-11)22-15-4-3-5-16-14(15)9-12(2)23(16)10-17(18,19)20/h3-5,9,11,13,21-22H,6-8,10H2,1-2H3. The summed E-state index contributed by atoms with van der Waals surface area (Å²) in [5.74, 6) is 0. The molecule has 2 aromatic rings. The van der Waals surface area contributed by atoms with Crippen molar-refractivity contribution in [3.8, 4) is 0 Å². The Kier molecular flexibility index (Phi) is 4.27. The van der Waals surface area contributed by atoms with Crippen LogP contribution in [0, 0.1) is 6.92 Å². The number of piperidine rings is 1. The summed E-state index contributed by atoms with van der Waals surface area (Å²) in [6.07, 6.45) is -2.19. The average Bonchev–Trinajstić information content (AvgIpc) is 2.75. The first-order chi connectivity index (χ1) is 10.8. The monoisotopic (exact) mass is 325 g/mol. The molecule has 1 aromatic carbocycles. The van der Waals surface area contributed by atoms with Gasteiger partial charge >= 0.3 is 6.18 Å². The Morgan fingerprint density at radius 3 is 2.83 bits per heavy atom. The Bertz CT molecular complexity index is 690. The van der Waals surface area contributed by atoms with Gasteiger partial charge in [0.1, 0.15) is 6.54 Å². The molecule has 6 heteroatoms. The fourth-order valence-corrected chi connectivity index (χ4v) is 3.41. The Morgan fingerprint density at radius 1 is 1.35 bits per heavy atom. The second kappa shape index (κ2) is 6.07. The van der Waals surface area contributed by atoms with E-state index in [2.05, 4.69) is 17.6 Å². The number of anilines is 1. The predicted octanol–water partition coefficient (Wildman–Crippen LogP) is 4.06. The summed E-state index contributed by atoms with van der Waals surface area (Å²) in [4.78, 5) is 0. The van der Waals surface area contributed by atoms with E-state index in [4.69, 9.17) is 0 Å². The van der Waals surface area contributed by atoms with E-state index >= 15 is 0 Å². The van der Waals surface area contributed by atoms with Gasteiger partial charge in [-0.25, -0.2) is 0 Å². The van der Waals surface area contributed by atoms with Crippen LogP contribution in [0.4, 0.5) is 18.9 Å². The molecule has 126 valence electrons. The first-order valence-corrected chi connectivity index (χ1v) is 7.99. The molecule has 0 saturated carbocycles. The fraction of sp³-hybridized carbons (Fsp3) is 0.529. The van der Waals surface area contributed by atoms with Gasteiger partial charge in [-0.2, -0.15) is 13.2 Å².